The van der Waals surface area contributed by atoms with Gasteiger partial charge in [-0.2, -0.15) is 0 Å². The van der Waals surface area contributed by atoms with Crippen LogP contribution >= 0.6 is 0 Å². The first kappa shape index (κ1) is 13.7. The Morgan fingerprint density at radius 1 is 1.58 bits per heavy atom. The molecule has 1 saturated carbocycles. The molecule has 0 aliphatic heterocycles. The van der Waals surface area contributed by atoms with Crippen molar-refractivity contribution in [3.8, 4) is 0 Å². The van der Waals surface area contributed by atoms with Gasteiger partial charge in [0.1, 0.15) is 0 Å². The molecule has 0 bridgehead atoms. The van der Waals surface area contributed by atoms with Gasteiger partial charge in [-0.3, -0.25) is 4.99 Å². The summed E-state index contributed by atoms with van der Waals surface area (Å²) in [5.74, 6) is 2.58. The van der Waals surface area contributed by atoms with Gasteiger partial charge >= 0.3 is 0 Å². The van der Waals surface area contributed by atoms with Gasteiger partial charge in [0, 0.05) is 34.2 Å². The number of hydrogen-bond donors (Lipinski definition) is 2. The van der Waals surface area contributed by atoms with Gasteiger partial charge in [0.05, 0.1) is 18.4 Å². The average molecular weight is 264 g/mol. The maximum Gasteiger partial charge on any atom is 0.204 e. The number of anilines is 1. The van der Waals surface area contributed by atoms with Gasteiger partial charge in [0.25, 0.3) is 0 Å². The van der Waals surface area contributed by atoms with E-state index in [1.54, 1.807) is 7.05 Å². The zero-order valence-corrected chi connectivity index (χ0v) is 12.4. The van der Waals surface area contributed by atoms with Crippen molar-refractivity contribution in [3.63, 3.8) is 0 Å². The van der Waals surface area contributed by atoms with Crippen LogP contribution in [-0.4, -0.2) is 42.7 Å². The van der Waals surface area contributed by atoms with E-state index >= 15 is 0 Å². The first-order valence-corrected chi connectivity index (χ1v) is 6.68. The highest BCUT2D eigenvalue weighted by Gasteiger charge is 2.33. The normalized spacial score (nSPS) is 22.3. The molecule has 6 heteroatoms. The van der Waals surface area contributed by atoms with Crippen LogP contribution in [0.4, 0.5) is 5.95 Å². The third-order valence-corrected chi connectivity index (χ3v) is 3.55. The lowest BCUT2D eigenvalue weighted by atomic mass is 10.4. The SMILES string of the molecule is CN=C(NCc1cnc(N(C)C)n1C)NC1CC1C. The zero-order valence-electron chi connectivity index (χ0n) is 12.4. The van der Waals surface area contributed by atoms with E-state index in [0.29, 0.717) is 6.04 Å². The van der Waals surface area contributed by atoms with Crippen molar-refractivity contribution in [3.05, 3.63) is 11.9 Å². The Morgan fingerprint density at radius 2 is 2.26 bits per heavy atom. The van der Waals surface area contributed by atoms with E-state index in [2.05, 4.69) is 32.1 Å². The number of aromatic nitrogens is 2. The minimum absolute atomic E-state index is 0.579. The molecular weight excluding hydrogens is 240 g/mol. The van der Waals surface area contributed by atoms with Crippen LogP contribution in [-0.2, 0) is 13.6 Å². The van der Waals surface area contributed by atoms with Gasteiger partial charge in [-0.1, -0.05) is 6.92 Å². The van der Waals surface area contributed by atoms with Crippen molar-refractivity contribution in [1.29, 1.82) is 0 Å². The average Bonchev–Trinajstić information content (AvgIpc) is 2.92. The van der Waals surface area contributed by atoms with E-state index in [1.165, 1.54) is 6.42 Å². The molecule has 1 fully saturated rings. The smallest absolute Gasteiger partial charge is 0.204 e. The summed E-state index contributed by atoms with van der Waals surface area (Å²) in [5.41, 5.74) is 1.13. The molecule has 1 aliphatic carbocycles. The lowest BCUT2D eigenvalue weighted by molar-refractivity contribution is 0.729. The summed E-state index contributed by atoms with van der Waals surface area (Å²) < 4.78 is 2.08. The summed E-state index contributed by atoms with van der Waals surface area (Å²) in [6, 6.07) is 0.579. The number of nitrogens with zero attached hydrogens (tertiary/aromatic N) is 4. The fourth-order valence-corrected chi connectivity index (χ4v) is 2.08. The number of nitrogens with one attached hydrogen (secondary N) is 2. The summed E-state index contributed by atoms with van der Waals surface area (Å²) in [7, 11) is 7.82. The van der Waals surface area contributed by atoms with Crippen LogP contribution in [0, 0.1) is 5.92 Å². The van der Waals surface area contributed by atoms with Crippen molar-refractivity contribution < 1.29 is 0 Å². The lowest BCUT2D eigenvalue weighted by Gasteiger charge is -2.14. The number of hydrogen-bond acceptors (Lipinski definition) is 3. The third kappa shape index (κ3) is 3.19. The molecule has 0 amide bonds. The topological polar surface area (TPSA) is 57.5 Å². The molecule has 106 valence electrons. The lowest BCUT2D eigenvalue weighted by Crippen LogP contribution is -2.38. The summed E-state index contributed by atoms with van der Waals surface area (Å²) in [4.78, 5) is 10.6. The van der Waals surface area contributed by atoms with Crippen molar-refractivity contribution in [2.45, 2.75) is 25.9 Å². The second kappa shape index (κ2) is 5.50. The van der Waals surface area contributed by atoms with Gasteiger partial charge in [-0.15, -0.1) is 0 Å². The van der Waals surface area contributed by atoms with Gasteiger partial charge in [-0.05, 0) is 12.3 Å². The first-order valence-electron chi connectivity index (χ1n) is 6.68. The minimum Gasteiger partial charge on any atom is -0.353 e. The highest BCUT2D eigenvalue weighted by atomic mass is 15.3. The number of aliphatic imine (C=N–C) groups is 1. The van der Waals surface area contributed by atoms with E-state index in [-0.39, 0.29) is 0 Å². The maximum absolute atomic E-state index is 4.39. The predicted octanol–water partition coefficient (Wildman–Crippen LogP) is 0.560. The molecule has 6 nitrogen and oxygen atoms in total. The monoisotopic (exact) mass is 264 g/mol. The van der Waals surface area contributed by atoms with E-state index in [9.17, 15) is 0 Å². The summed E-state index contributed by atoms with van der Waals surface area (Å²) in [6.07, 6.45) is 3.13. The van der Waals surface area contributed by atoms with E-state index in [1.807, 2.05) is 32.2 Å². The van der Waals surface area contributed by atoms with Gasteiger partial charge in [0.2, 0.25) is 5.95 Å². The standard InChI is InChI=1S/C13H24N6/c1-9-6-11(9)17-12(14-2)15-7-10-8-16-13(18(3)4)19(10)5/h8-9,11H,6-7H2,1-5H3,(H2,14,15,17). The third-order valence-electron chi connectivity index (χ3n) is 3.55. The molecule has 0 radical (unpaired) electrons. The molecule has 1 aliphatic rings. The van der Waals surface area contributed by atoms with E-state index in [0.717, 1.165) is 30.1 Å². The Kier molecular flexibility index (Phi) is 3.97. The van der Waals surface area contributed by atoms with Crippen molar-refractivity contribution in [2.24, 2.45) is 18.0 Å². The number of imidazole rings is 1. The minimum atomic E-state index is 0.579. The second-order valence-corrected chi connectivity index (χ2v) is 5.39. The van der Waals surface area contributed by atoms with E-state index in [4.69, 9.17) is 0 Å². The summed E-state index contributed by atoms with van der Waals surface area (Å²) >= 11 is 0. The molecule has 1 aromatic heterocycles. The second-order valence-electron chi connectivity index (χ2n) is 5.39. The quantitative estimate of drug-likeness (QED) is 0.616. The number of guanidine groups is 1. The zero-order chi connectivity index (χ0) is 14.0. The van der Waals surface area contributed by atoms with Crippen LogP contribution in [0.15, 0.2) is 11.2 Å². The van der Waals surface area contributed by atoms with Crippen LogP contribution < -0.4 is 15.5 Å². The molecule has 1 heterocycles. The Labute approximate surface area is 114 Å². The van der Waals surface area contributed by atoms with Crippen molar-refractivity contribution in [2.75, 3.05) is 26.0 Å². The molecule has 1 aromatic rings. The molecule has 2 rings (SSSR count). The van der Waals surface area contributed by atoms with Crippen molar-refractivity contribution in [1.82, 2.24) is 20.2 Å². The Bertz CT molecular complexity index is 462. The Balaban J connectivity index is 1.90. The summed E-state index contributed by atoms with van der Waals surface area (Å²) in [6.45, 7) is 2.97. The molecule has 19 heavy (non-hydrogen) atoms. The van der Waals surface area contributed by atoms with Crippen LogP contribution in [0.1, 0.15) is 19.0 Å². The molecule has 2 unspecified atom stereocenters. The van der Waals surface area contributed by atoms with Crippen LogP contribution in [0.5, 0.6) is 0 Å². The predicted molar refractivity (Wildman–Crippen MR) is 78.4 cm³/mol. The molecular formula is C13H24N6. The molecule has 0 aromatic carbocycles. The Hall–Kier alpha value is -1.72. The number of rotatable bonds is 4. The van der Waals surface area contributed by atoms with Crippen LogP contribution in [0.25, 0.3) is 0 Å². The maximum atomic E-state index is 4.39. The van der Waals surface area contributed by atoms with Gasteiger partial charge < -0.3 is 20.1 Å². The van der Waals surface area contributed by atoms with Crippen LogP contribution in [0.2, 0.25) is 0 Å². The first-order chi connectivity index (χ1) is 9.02. The largest absolute Gasteiger partial charge is 0.353 e. The highest BCUT2D eigenvalue weighted by Crippen LogP contribution is 2.28. The molecule has 0 saturated heterocycles. The van der Waals surface area contributed by atoms with E-state index < -0.39 is 0 Å². The Morgan fingerprint density at radius 3 is 2.74 bits per heavy atom. The molecule has 2 atom stereocenters. The fraction of sp³-hybridized carbons (Fsp3) is 0.692. The van der Waals surface area contributed by atoms with Crippen molar-refractivity contribution >= 4 is 11.9 Å². The summed E-state index contributed by atoms with van der Waals surface area (Å²) in [5, 5.41) is 6.74. The molecule has 2 N–H and O–H groups in total. The highest BCUT2D eigenvalue weighted by molar-refractivity contribution is 5.80. The van der Waals surface area contributed by atoms with Gasteiger partial charge in [0.15, 0.2) is 5.96 Å². The van der Waals surface area contributed by atoms with Crippen LogP contribution in [0.3, 0.4) is 0 Å². The fourth-order valence-electron chi connectivity index (χ4n) is 2.08. The molecule has 0 spiro atoms. The van der Waals surface area contributed by atoms with Gasteiger partial charge in [-0.25, -0.2) is 4.98 Å².